The number of likely N-dealkylation sites (tertiary alicyclic amines) is 1. The summed E-state index contributed by atoms with van der Waals surface area (Å²) >= 11 is 0. The maximum Gasteiger partial charge on any atom is 0.416 e. The predicted molar refractivity (Wildman–Crippen MR) is 104 cm³/mol. The van der Waals surface area contributed by atoms with Crippen LogP contribution in [0, 0.1) is 6.92 Å². The molecule has 0 aliphatic carbocycles. The third kappa shape index (κ3) is 4.37. The Balaban J connectivity index is 1.40. The lowest BCUT2D eigenvalue weighted by Crippen LogP contribution is -2.27. The molecule has 8 heteroatoms. The summed E-state index contributed by atoms with van der Waals surface area (Å²) in [5.41, 5.74) is 2.05. The van der Waals surface area contributed by atoms with Crippen LogP contribution in [0.25, 0.3) is 11.4 Å². The van der Waals surface area contributed by atoms with Gasteiger partial charge in [-0.2, -0.15) is 18.2 Å². The maximum absolute atomic E-state index is 12.7. The molecule has 0 bridgehead atoms. The second-order valence-electron chi connectivity index (χ2n) is 7.51. The van der Waals surface area contributed by atoms with Gasteiger partial charge in [-0.15, -0.1) is 0 Å². The van der Waals surface area contributed by atoms with Gasteiger partial charge >= 0.3 is 6.18 Å². The molecule has 1 atom stereocenters. The van der Waals surface area contributed by atoms with Crippen molar-refractivity contribution in [3.63, 3.8) is 0 Å². The van der Waals surface area contributed by atoms with Crippen LogP contribution >= 0.6 is 0 Å². The molecular formula is C22H20F3N3O2. The third-order valence-corrected chi connectivity index (χ3v) is 5.27. The number of hydrogen-bond donors (Lipinski definition) is 0. The van der Waals surface area contributed by atoms with E-state index in [4.69, 9.17) is 4.52 Å². The molecule has 0 radical (unpaired) electrons. The molecule has 1 unspecified atom stereocenters. The number of aromatic nitrogens is 2. The van der Waals surface area contributed by atoms with Gasteiger partial charge in [0.25, 0.3) is 0 Å². The highest BCUT2D eigenvalue weighted by atomic mass is 19.4. The summed E-state index contributed by atoms with van der Waals surface area (Å²) < 4.78 is 43.4. The average molecular weight is 415 g/mol. The zero-order valence-electron chi connectivity index (χ0n) is 16.3. The average Bonchev–Trinajstić information content (AvgIpc) is 3.34. The largest absolute Gasteiger partial charge is 0.416 e. The molecule has 1 fully saturated rings. The number of carbonyl (C=O) groups excluding carboxylic acids is 1. The highest BCUT2D eigenvalue weighted by Crippen LogP contribution is 2.32. The second kappa shape index (κ2) is 7.93. The molecule has 3 aromatic rings. The van der Waals surface area contributed by atoms with Crippen LogP contribution in [0.5, 0.6) is 0 Å². The van der Waals surface area contributed by atoms with E-state index in [0.29, 0.717) is 24.5 Å². The molecule has 1 aliphatic rings. The summed E-state index contributed by atoms with van der Waals surface area (Å²) in [6.45, 7) is 3.12. The fraction of sp³-hybridized carbons (Fsp3) is 0.318. The Morgan fingerprint density at radius 1 is 1.10 bits per heavy atom. The van der Waals surface area contributed by atoms with Gasteiger partial charge in [0.2, 0.25) is 17.6 Å². The predicted octanol–water partition coefficient (Wildman–Crippen LogP) is 4.62. The molecule has 1 aliphatic heterocycles. The molecular weight excluding hydrogens is 395 g/mol. The van der Waals surface area contributed by atoms with Crippen molar-refractivity contribution in [3.05, 3.63) is 71.1 Å². The first-order chi connectivity index (χ1) is 14.3. The maximum atomic E-state index is 12.7. The van der Waals surface area contributed by atoms with Gasteiger partial charge < -0.3 is 9.42 Å². The Labute approximate surface area is 171 Å². The summed E-state index contributed by atoms with van der Waals surface area (Å²) in [5.74, 6) is 0.355. The first kappa shape index (κ1) is 20.1. The molecule has 0 spiro atoms. The number of carbonyl (C=O) groups is 1. The van der Waals surface area contributed by atoms with E-state index in [-0.39, 0.29) is 24.1 Å². The normalized spacial score (nSPS) is 17.0. The minimum atomic E-state index is -4.40. The van der Waals surface area contributed by atoms with Crippen LogP contribution in [0.2, 0.25) is 0 Å². The van der Waals surface area contributed by atoms with Crippen molar-refractivity contribution in [2.45, 2.75) is 31.9 Å². The molecule has 2 heterocycles. The number of amides is 1. The second-order valence-corrected chi connectivity index (χ2v) is 7.51. The summed E-state index contributed by atoms with van der Waals surface area (Å²) in [7, 11) is 0. The first-order valence-electron chi connectivity index (χ1n) is 9.64. The van der Waals surface area contributed by atoms with E-state index in [0.717, 1.165) is 18.6 Å². The Kier molecular flexibility index (Phi) is 5.32. The highest BCUT2D eigenvalue weighted by molar-refractivity contribution is 5.79. The van der Waals surface area contributed by atoms with Crippen molar-refractivity contribution < 1.29 is 22.5 Å². The lowest BCUT2D eigenvalue weighted by Gasteiger charge is -2.15. The Morgan fingerprint density at radius 3 is 2.47 bits per heavy atom. The monoisotopic (exact) mass is 415 g/mol. The molecule has 5 nitrogen and oxygen atoms in total. The number of aryl methyl sites for hydroxylation is 1. The molecule has 0 saturated carbocycles. The first-order valence-corrected chi connectivity index (χ1v) is 9.64. The zero-order valence-corrected chi connectivity index (χ0v) is 16.3. The van der Waals surface area contributed by atoms with Crippen molar-refractivity contribution in [3.8, 4) is 11.4 Å². The highest BCUT2D eigenvalue weighted by Gasteiger charge is 2.34. The van der Waals surface area contributed by atoms with Crippen LogP contribution < -0.4 is 0 Å². The summed E-state index contributed by atoms with van der Waals surface area (Å²) in [6.07, 6.45) is -3.35. The Morgan fingerprint density at radius 2 is 1.80 bits per heavy atom. The van der Waals surface area contributed by atoms with Crippen LogP contribution in [0.3, 0.4) is 0 Å². The molecule has 0 N–H and O–H groups in total. The van der Waals surface area contributed by atoms with Gasteiger partial charge in [-0.05, 0) is 31.0 Å². The Hall–Kier alpha value is -3.16. The minimum Gasteiger partial charge on any atom is -0.342 e. The third-order valence-electron chi connectivity index (χ3n) is 5.27. The van der Waals surface area contributed by atoms with Crippen LogP contribution in [-0.2, 0) is 17.4 Å². The van der Waals surface area contributed by atoms with Crippen LogP contribution in [0.15, 0.2) is 53.1 Å². The number of rotatable bonds is 5. The van der Waals surface area contributed by atoms with E-state index < -0.39 is 11.7 Å². The van der Waals surface area contributed by atoms with Gasteiger partial charge in [0.05, 0.1) is 11.5 Å². The fourth-order valence-electron chi connectivity index (χ4n) is 3.50. The summed E-state index contributed by atoms with van der Waals surface area (Å²) in [4.78, 5) is 18.5. The molecule has 4 rings (SSSR count). The number of benzene rings is 2. The molecule has 2 aromatic carbocycles. The molecule has 1 aromatic heterocycles. The molecule has 1 saturated heterocycles. The van der Waals surface area contributed by atoms with Crippen molar-refractivity contribution in [2.75, 3.05) is 13.1 Å². The molecule has 1 amide bonds. The number of hydrogen-bond acceptors (Lipinski definition) is 4. The molecule has 156 valence electrons. The van der Waals surface area contributed by atoms with Crippen LogP contribution in [0.1, 0.15) is 34.9 Å². The fourth-order valence-corrected chi connectivity index (χ4v) is 3.50. The van der Waals surface area contributed by atoms with E-state index in [2.05, 4.69) is 22.3 Å². The van der Waals surface area contributed by atoms with Crippen molar-refractivity contribution in [1.29, 1.82) is 0 Å². The minimum absolute atomic E-state index is 0.0291. The van der Waals surface area contributed by atoms with E-state index in [1.807, 2.05) is 19.1 Å². The van der Waals surface area contributed by atoms with E-state index >= 15 is 0 Å². The van der Waals surface area contributed by atoms with Gasteiger partial charge in [0.15, 0.2) is 0 Å². The van der Waals surface area contributed by atoms with Gasteiger partial charge in [0, 0.05) is 25.1 Å². The van der Waals surface area contributed by atoms with Gasteiger partial charge in [-0.3, -0.25) is 4.79 Å². The summed E-state index contributed by atoms with van der Waals surface area (Å²) in [6, 6.07) is 12.8. The number of nitrogens with zero attached hydrogens (tertiary/aromatic N) is 3. The van der Waals surface area contributed by atoms with E-state index in [1.54, 1.807) is 4.90 Å². The van der Waals surface area contributed by atoms with E-state index in [9.17, 15) is 18.0 Å². The lowest BCUT2D eigenvalue weighted by molar-refractivity contribution is -0.137. The SMILES string of the molecule is Cc1ccc(CCN2CC(c3nc(-c4ccc(C(F)(F)F)cc4)no3)CC2=O)cc1. The van der Waals surface area contributed by atoms with Crippen LogP contribution in [-0.4, -0.2) is 34.0 Å². The van der Waals surface area contributed by atoms with Gasteiger partial charge in [-0.1, -0.05) is 47.1 Å². The van der Waals surface area contributed by atoms with E-state index in [1.165, 1.54) is 23.3 Å². The number of halogens is 3. The van der Waals surface area contributed by atoms with Crippen molar-refractivity contribution >= 4 is 5.91 Å². The zero-order chi connectivity index (χ0) is 21.3. The van der Waals surface area contributed by atoms with Gasteiger partial charge in [0.1, 0.15) is 0 Å². The summed E-state index contributed by atoms with van der Waals surface area (Å²) in [5, 5.41) is 3.88. The quantitative estimate of drug-likeness (QED) is 0.610. The smallest absolute Gasteiger partial charge is 0.342 e. The topological polar surface area (TPSA) is 59.2 Å². The van der Waals surface area contributed by atoms with Crippen LogP contribution in [0.4, 0.5) is 13.2 Å². The standard InChI is InChI=1S/C22H20F3N3O2/c1-14-2-4-15(5-3-14)10-11-28-13-17(12-19(28)29)21-26-20(27-30-21)16-6-8-18(9-7-16)22(23,24)25/h2-9,17H,10-13H2,1H3. The lowest BCUT2D eigenvalue weighted by atomic mass is 10.1. The van der Waals surface area contributed by atoms with Gasteiger partial charge in [-0.25, -0.2) is 0 Å². The van der Waals surface area contributed by atoms with Crippen molar-refractivity contribution in [1.82, 2.24) is 15.0 Å². The van der Waals surface area contributed by atoms with Crippen molar-refractivity contribution in [2.24, 2.45) is 0 Å². The Bertz CT molecular complexity index is 1030. The number of alkyl halides is 3. The molecule has 30 heavy (non-hydrogen) atoms.